The van der Waals surface area contributed by atoms with Crippen molar-refractivity contribution in [1.82, 2.24) is 5.32 Å². The quantitative estimate of drug-likeness (QED) is 0.342. The molecule has 0 saturated heterocycles. The van der Waals surface area contributed by atoms with Crippen LogP contribution in [-0.4, -0.2) is 23.5 Å². The van der Waals surface area contributed by atoms with E-state index in [-0.39, 0.29) is 18.3 Å². The molecule has 1 aromatic carbocycles. The molecular formula is C13H18ClN3O2. The molecule has 0 aromatic heterocycles. The monoisotopic (exact) mass is 283 g/mol. The van der Waals surface area contributed by atoms with Gasteiger partial charge >= 0.3 is 0 Å². The van der Waals surface area contributed by atoms with E-state index in [1.54, 1.807) is 26.0 Å². The molecule has 19 heavy (non-hydrogen) atoms. The number of nitrogens with two attached hydrogens (primary N) is 1. The fourth-order valence-electron chi connectivity index (χ4n) is 1.43. The number of hydrogen-bond acceptors (Lipinski definition) is 3. The third-order valence-electron chi connectivity index (χ3n) is 2.86. The van der Waals surface area contributed by atoms with E-state index in [2.05, 4.69) is 10.5 Å². The molecule has 6 heteroatoms. The van der Waals surface area contributed by atoms with Crippen molar-refractivity contribution in [3.63, 3.8) is 0 Å². The lowest BCUT2D eigenvalue weighted by Gasteiger charge is -2.23. The summed E-state index contributed by atoms with van der Waals surface area (Å²) in [6, 6.07) is 5.21. The normalized spacial score (nSPS) is 12.3. The van der Waals surface area contributed by atoms with Crippen LogP contribution in [0.5, 0.6) is 0 Å². The molecule has 4 N–H and O–H groups in total. The zero-order chi connectivity index (χ0) is 14.6. The van der Waals surface area contributed by atoms with Crippen LogP contribution < -0.4 is 11.1 Å². The number of amidine groups is 1. The summed E-state index contributed by atoms with van der Waals surface area (Å²) in [4.78, 5) is 12.0. The van der Waals surface area contributed by atoms with Crippen molar-refractivity contribution >= 4 is 23.3 Å². The Bertz CT molecular complexity index is 513. The van der Waals surface area contributed by atoms with E-state index < -0.39 is 5.41 Å². The van der Waals surface area contributed by atoms with Crippen LogP contribution in [0.15, 0.2) is 23.4 Å². The van der Waals surface area contributed by atoms with E-state index in [4.69, 9.17) is 22.5 Å². The average molecular weight is 284 g/mol. The van der Waals surface area contributed by atoms with Gasteiger partial charge in [-0.3, -0.25) is 4.79 Å². The second-order valence-electron chi connectivity index (χ2n) is 5.04. The lowest BCUT2D eigenvalue weighted by molar-refractivity contribution is 0.0944. The van der Waals surface area contributed by atoms with Crippen molar-refractivity contribution in [2.75, 3.05) is 6.54 Å². The zero-order valence-electron chi connectivity index (χ0n) is 11.2. The summed E-state index contributed by atoms with van der Waals surface area (Å²) in [6.45, 7) is 5.67. The Balaban J connectivity index is 2.76. The molecule has 0 radical (unpaired) electrons. The summed E-state index contributed by atoms with van der Waals surface area (Å²) in [5.74, 6) is -0.230. The average Bonchev–Trinajstić information content (AvgIpc) is 2.35. The number of aryl methyl sites for hydroxylation is 1. The molecule has 0 fully saturated rings. The standard InChI is InChI=1S/C13H18ClN3O2/c1-8-4-5-9(10(14)6-8)11(18)16-7-13(2,3)12(15)17-19/h4-6,19H,7H2,1-3H3,(H2,15,17)(H,16,18). The minimum Gasteiger partial charge on any atom is -0.409 e. The largest absolute Gasteiger partial charge is 0.409 e. The maximum absolute atomic E-state index is 12.0. The molecule has 5 nitrogen and oxygen atoms in total. The predicted octanol–water partition coefficient (Wildman–Crippen LogP) is 2.15. The van der Waals surface area contributed by atoms with Crippen molar-refractivity contribution in [3.05, 3.63) is 34.3 Å². The fourth-order valence-corrected chi connectivity index (χ4v) is 1.75. The number of nitrogens with zero attached hydrogens (tertiary/aromatic N) is 1. The number of carbonyl (C=O) groups is 1. The van der Waals surface area contributed by atoms with Gasteiger partial charge in [0.1, 0.15) is 5.84 Å². The summed E-state index contributed by atoms with van der Waals surface area (Å²) in [6.07, 6.45) is 0. The smallest absolute Gasteiger partial charge is 0.252 e. The van der Waals surface area contributed by atoms with E-state index in [0.717, 1.165) is 5.56 Å². The minimum absolute atomic E-state index is 0.0582. The van der Waals surface area contributed by atoms with Gasteiger partial charge < -0.3 is 16.3 Å². The summed E-state index contributed by atoms with van der Waals surface area (Å²) in [5, 5.41) is 14.7. The van der Waals surface area contributed by atoms with Crippen LogP contribution in [0.3, 0.4) is 0 Å². The number of carbonyl (C=O) groups excluding carboxylic acids is 1. The van der Waals surface area contributed by atoms with Gasteiger partial charge in [-0.15, -0.1) is 0 Å². The molecular weight excluding hydrogens is 266 g/mol. The van der Waals surface area contributed by atoms with Crippen molar-refractivity contribution in [3.8, 4) is 0 Å². The predicted molar refractivity (Wildman–Crippen MR) is 75.7 cm³/mol. The second-order valence-corrected chi connectivity index (χ2v) is 5.44. The maximum atomic E-state index is 12.0. The van der Waals surface area contributed by atoms with Crippen LogP contribution in [-0.2, 0) is 0 Å². The van der Waals surface area contributed by atoms with Crippen LogP contribution in [0.25, 0.3) is 0 Å². The van der Waals surface area contributed by atoms with Crippen molar-refractivity contribution in [2.24, 2.45) is 16.3 Å². The third kappa shape index (κ3) is 3.86. The van der Waals surface area contributed by atoms with E-state index in [9.17, 15) is 4.79 Å². The second kappa shape index (κ2) is 5.93. The summed E-state index contributed by atoms with van der Waals surface area (Å²) in [7, 11) is 0. The van der Waals surface area contributed by atoms with Gasteiger partial charge in [0.05, 0.1) is 10.6 Å². The van der Waals surface area contributed by atoms with Crippen molar-refractivity contribution in [2.45, 2.75) is 20.8 Å². The van der Waals surface area contributed by atoms with Crippen LogP contribution in [0, 0.1) is 12.3 Å². The first-order valence-electron chi connectivity index (χ1n) is 5.80. The summed E-state index contributed by atoms with van der Waals surface area (Å²) in [5.41, 5.74) is 6.30. The molecule has 0 heterocycles. The highest BCUT2D eigenvalue weighted by molar-refractivity contribution is 6.33. The number of halogens is 1. The van der Waals surface area contributed by atoms with E-state index in [1.165, 1.54) is 0 Å². The van der Waals surface area contributed by atoms with Gasteiger partial charge in [-0.05, 0) is 24.6 Å². The Labute approximate surface area is 117 Å². The van der Waals surface area contributed by atoms with Gasteiger partial charge in [0, 0.05) is 12.0 Å². The highest BCUT2D eigenvalue weighted by atomic mass is 35.5. The third-order valence-corrected chi connectivity index (χ3v) is 3.17. The molecule has 0 atom stereocenters. The number of amides is 1. The molecule has 0 unspecified atom stereocenters. The van der Waals surface area contributed by atoms with Crippen LogP contribution >= 0.6 is 11.6 Å². The molecule has 1 aromatic rings. The summed E-state index contributed by atoms with van der Waals surface area (Å²) < 4.78 is 0. The number of nitrogens with one attached hydrogen (secondary N) is 1. The van der Waals surface area contributed by atoms with Gasteiger partial charge in [-0.25, -0.2) is 0 Å². The highest BCUT2D eigenvalue weighted by Gasteiger charge is 2.24. The highest BCUT2D eigenvalue weighted by Crippen LogP contribution is 2.18. The number of benzene rings is 1. The van der Waals surface area contributed by atoms with Crippen LogP contribution in [0.4, 0.5) is 0 Å². The van der Waals surface area contributed by atoms with E-state index in [0.29, 0.717) is 10.6 Å². The zero-order valence-corrected chi connectivity index (χ0v) is 12.0. The number of oxime groups is 1. The molecule has 104 valence electrons. The van der Waals surface area contributed by atoms with Gasteiger partial charge in [-0.1, -0.05) is 36.7 Å². The first-order valence-corrected chi connectivity index (χ1v) is 6.18. The van der Waals surface area contributed by atoms with Crippen LogP contribution in [0.2, 0.25) is 5.02 Å². The Morgan fingerprint density at radius 2 is 2.16 bits per heavy atom. The van der Waals surface area contributed by atoms with E-state index >= 15 is 0 Å². The summed E-state index contributed by atoms with van der Waals surface area (Å²) >= 11 is 6.01. The number of rotatable bonds is 4. The SMILES string of the molecule is Cc1ccc(C(=O)NCC(C)(C)/C(N)=N/O)c(Cl)c1. The fraction of sp³-hybridized carbons (Fsp3) is 0.385. The van der Waals surface area contributed by atoms with E-state index in [1.807, 2.05) is 13.0 Å². The topological polar surface area (TPSA) is 87.7 Å². The lowest BCUT2D eigenvalue weighted by Crippen LogP contribution is -2.42. The van der Waals surface area contributed by atoms with Gasteiger partial charge in [0.2, 0.25) is 0 Å². The molecule has 0 aliphatic rings. The van der Waals surface area contributed by atoms with Crippen molar-refractivity contribution in [1.29, 1.82) is 0 Å². The Hall–Kier alpha value is -1.75. The minimum atomic E-state index is -0.637. The molecule has 0 aliphatic heterocycles. The molecule has 0 saturated carbocycles. The van der Waals surface area contributed by atoms with Gasteiger partial charge in [0.25, 0.3) is 5.91 Å². The van der Waals surface area contributed by atoms with Crippen LogP contribution in [0.1, 0.15) is 29.8 Å². The Morgan fingerprint density at radius 3 is 2.68 bits per heavy atom. The van der Waals surface area contributed by atoms with Gasteiger partial charge in [0.15, 0.2) is 0 Å². The molecule has 0 bridgehead atoms. The Morgan fingerprint density at radius 1 is 1.53 bits per heavy atom. The number of hydrogen-bond donors (Lipinski definition) is 3. The molecule has 1 rings (SSSR count). The molecule has 0 spiro atoms. The van der Waals surface area contributed by atoms with Crippen molar-refractivity contribution < 1.29 is 10.0 Å². The first-order chi connectivity index (χ1) is 8.77. The Kier molecular flexibility index (Phi) is 4.78. The maximum Gasteiger partial charge on any atom is 0.252 e. The molecule has 0 aliphatic carbocycles. The first kappa shape index (κ1) is 15.3. The lowest BCUT2D eigenvalue weighted by atomic mass is 9.92. The molecule has 1 amide bonds. The van der Waals surface area contributed by atoms with Gasteiger partial charge in [-0.2, -0.15) is 0 Å².